The lowest BCUT2D eigenvalue weighted by molar-refractivity contribution is -0.0612. The molecule has 0 aromatic carbocycles. The van der Waals surface area contributed by atoms with Gasteiger partial charge in [-0.2, -0.15) is 5.26 Å². The molecule has 13 nitrogen and oxygen atoms in total. The van der Waals surface area contributed by atoms with Gasteiger partial charge in [0.1, 0.15) is 41.8 Å². The first-order valence-electron chi connectivity index (χ1n) is 10.3. The van der Waals surface area contributed by atoms with Crippen LogP contribution in [0.3, 0.4) is 0 Å². The SMILES string of the molecule is N#Cc1c(Cl)nc2c(ncn2[C@@H]2O[C@H](COCP(=O)(O)O)[C@@H](O)[C@H]2O)c1NNC1CCCC1. The highest BCUT2D eigenvalue weighted by Gasteiger charge is 2.44. The number of nitrogens with one attached hydrogen (secondary N) is 2. The number of ether oxygens (including phenoxy) is 2. The van der Waals surface area contributed by atoms with Gasteiger partial charge in [-0.05, 0) is 12.8 Å². The standard InChI is InChI=1S/C18H24ClN6O7P/c19-16-10(5-20)12(24-23-9-3-1-2-4-9)13-17(22-16)25(7-21-13)18-15(27)14(26)11(32-18)6-31-8-33(28,29)30/h7,9,11,14-15,18,23,26-27H,1-4,6,8H2,(H,22,24)(H2,28,29,30)/t11-,14-,15-,18-/m1/s1. The number of imidazole rings is 1. The van der Waals surface area contributed by atoms with E-state index in [9.17, 15) is 20.0 Å². The van der Waals surface area contributed by atoms with E-state index in [2.05, 4.69) is 20.8 Å². The van der Waals surface area contributed by atoms with Gasteiger partial charge in [-0.15, -0.1) is 0 Å². The fraction of sp³-hybridized carbons (Fsp3) is 0.611. The molecule has 6 N–H and O–H groups in total. The molecule has 4 rings (SSSR count). The van der Waals surface area contributed by atoms with Crippen LogP contribution in [0.5, 0.6) is 0 Å². The van der Waals surface area contributed by atoms with Crippen LogP contribution in [0.4, 0.5) is 5.69 Å². The molecule has 4 atom stereocenters. The Morgan fingerprint density at radius 3 is 2.73 bits per heavy atom. The van der Waals surface area contributed by atoms with Crippen LogP contribution in [0.15, 0.2) is 6.33 Å². The third-order valence-electron chi connectivity index (χ3n) is 5.69. The van der Waals surface area contributed by atoms with Crippen LogP contribution < -0.4 is 10.9 Å². The fourth-order valence-corrected chi connectivity index (χ4v) is 4.61. The van der Waals surface area contributed by atoms with Gasteiger partial charge in [-0.1, -0.05) is 24.4 Å². The van der Waals surface area contributed by atoms with E-state index in [1.165, 1.54) is 10.9 Å². The molecule has 1 saturated carbocycles. The highest BCUT2D eigenvalue weighted by atomic mass is 35.5. The second-order valence-electron chi connectivity index (χ2n) is 8.05. The van der Waals surface area contributed by atoms with E-state index in [-0.39, 0.29) is 29.0 Å². The average Bonchev–Trinajstić information content (AvgIpc) is 3.47. The molecule has 0 spiro atoms. The van der Waals surface area contributed by atoms with Crippen molar-refractivity contribution in [2.75, 3.05) is 18.4 Å². The number of nitrogens with zero attached hydrogens (tertiary/aromatic N) is 4. The number of nitriles is 1. The number of hydrogen-bond acceptors (Lipinski definition) is 10. The van der Waals surface area contributed by atoms with Crippen LogP contribution in [-0.2, 0) is 14.0 Å². The van der Waals surface area contributed by atoms with E-state index in [0.717, 1.165) is 25.7 Å². The zero-order chi connectivity index (χ0) is 23.8. The topological polar surface area (TPSA) is 195 Å². The lowest BCUT2D eigenvalue weighted by Gasteiger charge is -2.18. The summed E-state index contributed by atoms with van der Waals surface area (Å²) in [6.45, 7) is -0.350. The monoisotopic (exact) mass is 502 g/mol. The minimum Gasteiger partial charge on any atom is -0.387 e. The molecular weight excluding hydrogens is 479 g/mol. The maximum atomic E-state index is 11.0. The van der Waals surface area contributed by atoms with Crippen molar-refractivity contribution in [1.82, 2.24) is 20.0 Å². The Morgan fingerprint density at radius 2 is 2.06 bits per heavy atom. The second kappa shape index (κ2) is 9.79. The Balaban J connectivity index is 1.59. The van der Waals surface area contributed by atoms with Gasteiger partial charge in [0, 0.05) is 6.04 Å². The first-order chi connectivity index (χ1) is 15.7. The van der Waals surface area contributed by atoms with E-state index < -0.39 is 38.5 Å². The Morgan fingerprint density at radius 1 is 1.33 bits per heavy atom. The van der Waals surface area contributed by atoms with E-state index in [4.69, 9.17) is 30.9 Å². The first kappa shape index (κ1) is 24.3. The molecule has 0 bridgehead atoms. The molecule has 3 heterocycles. The molecule has 2 aromatic heterocycles. The van der Waals surface area contributed by atoms with Gasteiger partial charge in [0.15, 0.2) is 17.0 Å². The summed E-state index contributed by atoms with van der Waals surface area (Å²) < 4.78 is 22.9. The molecule has 15 heteroatoms. The lowest BCUT2D eigenvalue weighted by Crippen LogP contribution is -2.34. The van der Waals surface area contributed by atoms with Gasteiger partial charge in [0.2, 0.25) is 0 Å². The van der Waals surface area contributed by atoms with Gasteiger partial charge in [0.25, 0.3) is 0 Å². The molecule has 2 fully saturated rings. The zero-order valence-electron chi connectivity index (χ0n) is 17.3. The molecule has 1 aliphatic carbocycles. The van der Waals surface area contributed by atoms with Crippen LogP contribution >= 0.6 is 19.2 Å². The molecule has 2 aliphatic rings. The summed E-state index contributed by atoms with van der Waals surface area (Å²) in [5, 5.41) is 30.4. The quantitative estimate of drug-likeness (QED) is 0.167. The van der Waals surface area contributed by atoms with Crippen molar-refractivity contribution in [1.29, 1.82) is 5.26 Å². The molecule has 0 unspecified atom stereocenters. The highest BCUT2D eigenvalue weighted by Crippen LogP contribution is 2.37. The van der Waals surface area contributed by atoms with Crippen molar-refractivity contribution >= 4 is 36.0 Å². The smallest absolute Gasteiger partial charge is 0.350 e. The number of hydrogen-bond donors (Lipinski definition) is 6. The van der Waals surface area contributed by atoms with Gasteiger partial charge >= 0.3 is 7.60 Å². The number of anilines is 1. The number of halogens is 1. The summed E-state index contributed by atoms with van der Waals surface area (Å²) in [6.07, 6.45) is -0.248. The molecule has 0 amide bonds. The van der Waals surface area contributed by atoms with Gasteiger partial charge < -0.3 is 34.9 Å². The van der Waals surface area contributed by atoms with E-state index in [1.807, 2.05) is 6.07 Å². The maximum absolute atomic E-state index is 11.0. The summed E-state index contributed by atoms with van der Waals surface area (Å²) >= 11 is 6.26. The number of aliphatic hydroxyl groups is 2. The Bertz CT molecular complexity index is 1100. The molecule has 33 heavy (non-hydrogen) atoms. The number of fused-ring (bicyclic) bond motifs is 1. The van der Waals surface area contributed by atoms with Crippen LogP contribution in [0, 0.1) is 11.3 Å². The summed E-state index contributed by atoms with van der Waals surface area (Å²) in [6, 6.07) is 2.26. The molecule has 180 valence electrons. The van der Waals surface area contributed by atoms with Gasteiger partial charge in [0.05, 0.1) is 18.6 Å². The van der Waals surface area contributed by atoms with Crippen LogP contribution in [0.1, 0.15) is 37.5 Å². The zero-order valence-corrected chi connectivity index (χ0v) is 19.0. The number of rotatable bonds is 8. The largest absolute Gasteiger partial charge is 0.387 e. The van der Waals surface area contributed by atoms with Crippen molar-refractivity contribution in [2.24, 2.45) is 0 Å². The number of aromatic nitrogens is 3. The first-order valence-corrected chi connectivity index (χ1v) is 12.5. The molecular formula is C18H24ClN6O7P. The Labute approximate surface area is 193 Å². The number of pyridine rings is 1. The lowest BCUT2D eigenvalue weighted by atomic mass is 10.1. The van der Waals surface area contributed by atoms with Gasteiger partial charge in [-0.3, -0.25) is 9.13 Å². The predicted molar refractivity (Wildman–Crippen MR) is 115 cm³/mol. The van der Waals surface area contributed by atoms with Crippen molar-refractivity contribution < 1.29 is 34.0 Å². The highest BCUT2D eigenvalue weighted by molar-refractivity contribution is 7.51. The van der Waals surface area contributed by atoms with Gasteiger partial charge in [-0.25, -0.2) is 15.4 Å². The molecule has 0 radical (unpaired) electrons. The average molecular weight is 503 g/mol. The van der Waals surface area contributed by atoms with Crippen molar-refractivity contribution in [3.05, 3.63) is 17.0 Å². The fourth-order valence-electron chi connectivity index (χ4n) is 4.05. The van der Waals surface area contributed by atoms with E-state index in [1.54, 1.807) is 0 Å². The molecule has 2 aromatic rings. The Kier molecular flexibility index (Phi) is 7.20. The van der Waals surface area contributed by atoms with Crippen LogP contribution in [0.2, 0.25) is 5.15 Å². The summed E-state index contributed by atoms with van der Waals surface area (Å²) in [7, 11) is -4.39. The normalized spacial score (nSPS) is 26.2. The summed E-state index contributed by atoms with van der Waals surface area (Å²) in [5.41, 5.74) is 7.21. The summed E-state index contributed by atoms with van der Waals surface area (Å²) in [5.74, 6) is 0. The van der Waals surface area contributed by atoms with Crippen molar-refractivity contribution in [3.8, 4) is 6.07 Å². The second-order valence-corrected chi connectivity index (χ2v) is 10.00. The van der Waals surface area contributed by atoms with Crippen molar-refractivity contribution in [3.63, 3.8) is 0 Å². The molecule has 1 saturated heterocycles. The minimum atomic E-state index is -4.39. The predicted octanol–water partition coefficient (Wildman–Crippen LogP) is 0.586. The van der Waals surface area contributed by atoms with Crippen LogP contribution in [-0.4, -0.2) is 71.8 Å². The van der Waals surface area contributed by atoms with E-state index >= 15 is 0 Å². The maximum Gasteiger partial charge on any atom is 0.350 e. The minimum absolute atomic E-state index is 0.0722. The third-order valence-corrected chi connectivity index (χ3v) is 6.48. The third kappa shape index (κ3) is 5.14. The Hall–Kier alpha value is -1.85. The van der Waals surface area contributed by atoms with Crippen molar-refractivity contribution in [2.45, 2.75) is 56.3 Å². The van der Waals surface area contributed by atoms with E-state index in [0.29, 0.717) is 11.2 Å². The molecule has 1 aliphatic heterocycles. The number of aliphatic hydroxyl groups excluding tert-OH is 2. The number of hydrazine groups is 1. The van der Waals surface area contributed by atoms with Crippen LogP contribution in [0.25, 0.3) is 11.2 Å². The summed E-state index contributed by atoms with van der Waals surface area (Å²) in [4.78, 5) is 26.4.